The van der Waals surface area contributed by atoms with Crippen molar-refractivity contribution in [3.05, 3.63) is 22.3 Å². The topological polar surface area (TPSA) is 62.0 Å². The maximum Gasteiger partial charge on any atom is 0.355 e. The van der Waals surface area contributed by atoms with E-state index in [1.807, 2.05) is 6.08 Å². The minimum Gasteiger partial charge on any atom is -0.476 e. The van der Waals surface area contributed by atoms with Crippen LogP contribution in [0.15, 0.2) is 32.2 Å². The summed E-state index contributed by atoms with van der Waals surface area (Å²) in [4.78, 5) is 19.1. The zero-order valence-corrected chi connectivity index (χ0v) is 7.41. The molecule has 0 aromatic carbocycles. The van der Waals surface area contributed by atoms with Gasteiger partial charge in [-0.15, -0.1) is 11.8 Å². The van der Waals surface area contributed by atoms with E-state index in [2.05, 4.69) is 9.98 Å². The molecule has 4 nitrogen and oxygen atoms in total. The van der Waals surface area contributed by atoms with E-state index < -0.39 is 5.97 Å². The second-order valence-electron chi connectivity index (χ2n) is 2.48. The van der Waals surface area contributed by atoms with Gasteiger partial charge in [-0.2, -0.15) is 0 Å². The molecule has 0 amide bonds. The molecule has 0 atom stereocenters. The maximum atomic E-state index is 10.8. The smallest absolute Gasteiger partial charge is 0.355 e. The van der Waals surface area contributed by atoms with Gasteiger partial charge in [0.15, 0.2) is 5.70 Å². The summed E-state index contributed by atoms with van der Waals surface area (Å²) in [6, 6.07) is 0. The molecule has 2 rings (SSSR count). The summed E-state index contributed by atoms with van der Waals surface area (Å²) >= 11 is 1.48. The van der Waals surface area contributed by atoms with Crippen molar-refractivity contribution >= 4 is 30.3 Å². The summed E-state index contributed by atoms with van der Waals surface area (Å²) in [6.07, 6.45) is 4.84. The lowest BCUT2D eigenvalue weighted by molar-refractivity contribution is -0.132. The number of nitrogens with zero attached hydrogens (tertiary/aromatic N) is 2. The predicted molar refractivity (Wildman–Crippen MR) is 52.2 cm³/mol. The van der Waals surface area contributed by atoms with Crippen LogP contribution in [-0.4, -0.2) is 29.4 Å². The summed E-state index contributed by atoms with van der Waals surface area (Å²) in [5, 5.41) is 8.84. The van der Waals surface area contributed by atoms with E-state index in [1.54, 1.807) is 6.21 Å². The van der Waals surface area contributed by atoms with E-state index in [0.29, 0.717) is 4.91 Å². The Morgan fingerprint density at radius 2 is 2.46 bits per heavy atom. The average Bonchev–Trinajstić information content (AvgIpc) is 2.44. The number of hydrogen-bond acceptors (Lipinski definition) is 4. The number of carboxylic acid groups (broad SMARTS) is 1. The molecule has 0 saturated heterocycles. The number of aliphatic imine (C=N–C) groups is 2. The van der Waals surface area contributed by atoms with E-state index in [1.165, 1.54) is 18.1 Å². The Morgan fingerprint density at radius 3 is 3.23 bits per heavy atom. The quantitative estimate of drug-likeness (QED) is 0.679. The molecule has 2 aliphatic heterocycles. The lowest BCUT2D eigenvalue weighted by Gasteiger charge is -1.99. The third kappa shape index (κ3) is 1.42. The van der Waals surface area contributed by atoms with Gasteiger partial charge in [0, 0.05) is 22.4 Å². The summed E-state index contributed by atoms with van der Waals surface area (Å²) in [5.41, 5.74) is 0.950. The molecule has 0 radical (unpaired) electrons. The fourth-order valence-electron chi connectivity index (χ4n) is 1.12. The average molecular weight is 194 g/mol. The van der Waals surface area contributed by atoms with Crippen LogP contribution in [0.2, 0.25) is 0 Å². The highest BCUT2D eigenvalue weighted by Gasteiger charge is 2.21. The highest BCUT2D eigenvalue weighted by Crippen LogP contribution is 2.34. The zero-order chi connectivity index (χ0) is 9.26. The standard InChI is InChI=1S/C8H6N2O2S/c11-8(12)6-7-5(1-2-13-7)3-9-4-10-6/h1,3-4H,2H2,(H,11,12). The van der Waals surface area contributed by atoms with Gasteiger partial charge in [-0.05, 0) is 0 Å². The van der Waals surface area contributed by atoms with Crippen molar-refractivity contribution in [1.82, 2.24) is 0 Å². The van der Waals surface area contributed by atoms with Crippen LogP contribution >= 0.6 is 11.8 Å². The van der Waals surface area contributed by atoms with Crippen LogP contribution in [0.25, 0.3) is 0 Å². The Hall–Kier alpha value is -1.36. The largest absolute Gasteiger partial charge is 0.476 e. The third-order valence-corrected chi connectivity index (χ3v) is 2.73. The second-order valence-corrected chi connectivity index (χ2v) is 3.51. The van der Waals surface area contributed by atoms with Crippen LogP contribution in [0.5, 0.6) is 0 Å². The third-order valence-electron chi connectivity index (χ3n) is 1.68. The number of allylic oxidation sites excluding steroid dienone is 1. The Balaban J connectivity index is 2.53. The zero-order valence-electron chi connectivity index (χ0n) is 6.60. The molecule has 2 heterocycles. The highest BCUT2D eigenvalue weighted by atomic mass is 32.2. The van der Waals surface area contributed by atoms with Crippen LogP contribution in [0.4, 0.5) is 0 Å². The number of hydrogen-bond donors (Lipinski definition) is 1. The van der Waals surface area contributed by atoms with E-state index in [4.69, 9.17) is 5.11 Å². The van der Waals surface area contributed by atoms with E-state index in [0.717, 1.165) is 11.3 Å². The monoisotopic (exact) mass is 194 g/mol. The Labute approximate surface area is 78.8 Å². The fourth-order valence-corrected chi connectivity index (χ4v) is 2.13. The lowest BCUT2D eigenvalue weighted by Crippen LogP contribution is -2.00. The summed E-state index contributed by atoms with van der Waals surface area (Å²) in [7, 11) is 0. The molecule has 1 N–H and O–H groups in total. The van der Waals surface area contributed by atoms with Crippen molar-refractivity contribution in [1.29, 1.82) is 0 Å². The molecule has 2 aliphatic rings. The molecule has 0 bridgehead atoms. The van der Waals surface area contributed by atoms with Crippen molar-refractivity contribution in [3.63, 3.8) is 0 Å². The van der Waals surface area contributed by atoms with Crippen LogP contribution in [0.3, 0.4) is 0 Å². The van der Waals surface area contributed by atoms with E-state index >= 15 is 0 Å². The summed E-state index contributed by atoms with van der Waals surface area (Å²) < 4.78 is 0. The first kappa shape index (κ1) is 8.25. The molecule has 0 unspecified atom stereocenters. The van der Waals surface area contributed by atoms with Crippen molar-refractivity contribution in [2.24, 2.45) is 9.98 Å². The Morgan fingerprint density at radius 1 is 1.62 bits per heavy atom. The van der Waals surface area contributed by atoms with Crippen LogP contribution in [-0.2, 0) is 4.79 Å². The predicted octanol–water partition coefficient (Wildman–Crippen LogP) is 1.07. The van der Waals surface area contributed by atoms with Gasteiger partial charge in [0.05, 0.1) is 0 Å². The number of thioether (sulfide) groups is 1. The van der Waals surface area contributed by atoms with Gasteiger partial charge in [-0.25, -0.2) is 14.8 Å². The maximum absolute atomic E-state index is 10.8. The van der Waals surface area contributed by atoms with Gasteiger partial charge in [0.2, 0.25) is 0 Å². The van der Waals surface area contributed by atoms with Crippen molar-refractivity contribution < 1.29 is 9.90 Å². The molecular formula is C8H6N2O2S. The van der Waals surface area contributed by atoms with Gasteiger partial charge >= 0.3 is 5.97 Å². The second kappa shape index (κ2) is 3.18. The molecule has 0 aliphatic carbocycles. The van der Waals surface area contributed by atoms with Gasteiger partial charge in [0.1, 0.15) is 6.34 Å². The van der Waals surface area contributed by atoms with Gasteiger partial charge in [0.25, 0.3) is 0 Å². The highest BCUT2D eigenvalue weighted by molar-refractivity contribution is 8.03. The number of fused-ring (bicyclic) bond motifs is 1. The number of carbonyl (C=O) groups is 1. The minimum absolute atomic E-state index is 0.0891. The molecule has 66 valence electrons. The lowest BCUT2D eigenvalue weighted by atomic mass is 10.2. The number of carboxylic acids is 1. The Kier molecular flexibility index (Phi) is 2.02. The number of rotatable bonds is 1. The first-order valence-electron chi connectivity index (χ1n) is 3.65. The van der Waals surface area contributed by atoms with Crippen LogP contribution in [0.1, 0.15) is 0 Å². The first-order chi connectivity index (χ1) is 6.29. The normalized spacial score (nSPS) is 19.8. The fraction of sp³-hybridized carbons (Fsp3) is 0.125. The van der Waals surface area contributed by atoms with Crippen LogP contribution < -0.4 is 0 Å². The molecule has 13 heavy (non-hydrogen) atoms. The Bertz CT molecular complexity index is 380. The number of aliphatic carboxylic acids is 1. The summed E-state index contributed by atoms with van der Waals surface area (Å²) in [5.74, 6) is -0.208. The van der Waals surface area contributed by atoms with Gasteiger partial charge in [-0.3, -0.25) is 0 Å². The van der Waals surface area contributed by atoms with E-state index in [9.17, 15) is 4.79 Å². The molecule has 0 aromatic rings. The van der Waals surface area contributed by atoms with Crippen molar-refractivity contribution in [2.75, 3.05) is 5.75 Å². The molecule has 0 aromatic heterocycles. The molecule has 0 spiro atoms. The van der Waals surface area contributed by atoms with Crippen molar-refractivity contribution in [2.45, 2.75) is 0 Å². The molecule has 5 heteroatoms. The SMILES string of the molecule is O=C(O)C1=C2SCC=C2C=NC=N1. The summed E-state index contributed by atoms with van der Waals surface area (Å²) in [6.45, 7) is 0. The molecular weight excluding hydrogens is 188 g/mol. The first-order valence-corrected chi connectivity index (χ1v) is 4.64. The molecule has 0 fully saturated rings. The van der Waals surface area contributed by atoms with Crippen LogP contribution in [0, 0.1) is 0 Å². The van der Waals surface area contributed by atoms with Gasteiger partial charge in [-0.1, -0.05) is 6.08 Å². The van der Waals surface area contributed by atoms with Gasteiger partial charge < -0.3 is 5.11 Å². The van der Waals surface area contributed by atoms with Crippen molar-refractivity contribution in [3.8, 4) is 0 Å². The minimum atomic E-state index is -1.00. The molecule has 0 saturated carbocycles. The van der Waals surface area contributed by atoms with E-state index in [-0.39, 0.29) is 5.70 Å².